The van der Waals surface area contributed by atoms with Crippen LogP contribution in [0.3, 0.4) is 0 Å². The SMILES string of the molecule is CCCn1cc(-c2ccnc(N)c2)cn1. The van der Waals surface area contributed by atoms with Gasteiger partial charge in [-0.2, -0.15) is 5.10 Å². The zero-order valence-corrected chi connectivity index (χ0v) is 8.72. The minimum absolute atomic E-state index is 0.538. The van der Waals surface area contributed by atoms with E-state index in [-0.39, 0.29) is 0 Å². The Morgan fingerprint density at radius 1 is 1.40 bits per heavy atom. The highest BCUT2D eigenvalue weighted by Gasteiger charge is 2.01. The summed E-state index contributed by atoms with van der Waals surface area (Å²) in [7, 11) is 0. The predicted octanol–water partition coefficient (Wildman–Crippen LogP) is 1.94. The molecule has 0 radical (unpaired) electrons. The molecule has 0 saturated carbocycles. The van der Waals surface area contributed by atoms with Crippen LogP contribution in [0.2, 0.25) is 0 Å². The van der Waals surface area contributed by atoms with Gasteiger partial charge in [-0.05, 0) is 24.1 Å². The average Bonchev–Trinajstić information content (AvgIpc) is 2.67. The maximum absolute atomic E-state index is 5.62. The van der Waals surface area contributed by atoms with E-state index in [9.17, 15) is 0 Å². The summed E-state index contributed by atoms with van der Waals surface area (Å²) in [5.41, 5.74) is 7.76. The summed E-state index contributed by atoms with van der Waals surface area (Å²) < 4.78 is 1.94. The van der Waals surface area contributed by atoms with Crippen LogP contribution in [0.5, 0.6) is 0 Å². The van der Waals surface area contributed by atoms with Crippen LogP contribution in [0.1, 0.15) is 13.3 Å². The Balaban J connectivity index is 2.29. The fraction of sp³-hybridized carbons (Fsp3) is 0.273. The van der Waals surface area contributed by atoms with Crippen LogP contribution in [0.25, 0.3) is 11.1 Å². The van der Waals surface area contributed by atoms with E-state index < -0.39 is 0 Å². The summed E-state index contributed by atoms with van der Waals surface area (Å²) in [6.45, 7) is 3.08. The Morgan fingerprint density at radius 3 is 3.00 bits per heavy atom. The molecule has 2 heterocycles. The van der Waals surface area contributed by atoms with Gasteiger partial charge in [0.05, 0.1) is 6.20 Å². The van der Waals surface area contributed by atoms with Gasteiger partial charge in [0.15, 0.2) is 0 Å². The number of rotatable bonds is 3. The van der Waals surface area contributed by atoms with Crippen molar-refractivity contribution in [2.75, 3.05) is 5.73 Å². The van der Waals surface area contributed by atoms with Crippen LogP contribution in [-0.2, 0) is 6.54 Å². The smallest absolute Gasteiger partial charge is 0.123 e. The molecular formula is C11H14N4. The molecule has 2 aromatic rings. The molecule has 4 heteroatoms. The van der Waals surface area contributed by atoms with Gasteiger partial charge in [0.2, 0.25) is 0 Å². The molecule has 4 nitrogen and oxygen atoms in total. The van der Waals surface area contributed by atoms with Crippen molar-refractivity contribution in [1.82, 2.24) is 14.8 Å². The van der Waals surface area contributed by atoms with Crippen molar-refractivity contribution < 1.29 is 0 Å². The molecule has 0 aliphatic carbocycles. The summed E-state index contributed by atoms with van der Waals surface area (Å²) in [5, 5.41) is 4.27. The van der Waals surface area contributed by atoms with Gasteiger partial charge >= 0.3 is 0 Å². The minimum atomic E-state index is 0.538. The number of nitrogens with two attached hydrogens (primary N) is 1. The first-order chi connectivity index (χ1) is 7.29. The maximum atomic E-state index is 5.62. The van der Waals surface area contributed by atoms with E-state index in [4.69, 9.17) is 5.73 Å². The molecule has 0 saturated heterocycles. The first-order valence-electron chi connectivity index (χ1n) is 5.04. The van der Waals surface area contributed by atoms with Crippen LogP contribution in [0, 0.1) is 0 Å². The lowest BCUT2D eigenvalue weighted by molar-refractivity contribution is 0.603. The summed E-state index contributed by atoms with van der Waals surface area (Å²) in [4.78, 5) is 3.96. The molecule has 0 aliphatic heterocycles. The lowest BCUT2D eigenvalue weighted by Crippen LogP contribution is -1.95. The number of anilines is 1. The molecular weight excluding hydrogens is 188 g/mol. The molecule has 2 rings (SSSR count). The van der Waals surface area contributed by atoms with Gasteiger partial charge in [-0.15, -0.1) is 0 Å². The Labute approximate surface area is 88.8 Å². The number of aryl methyl sites for hydroxylation is 1. The van der Waals surface area contributed by atoms with E-state index in [2.05, 4.69) is 17.0 Å². The molecule has 0 fully saturated rings. The van der Waals surface area contributed by atoms with Crippen molar-refractivity contribution in [2.45, 2.75) is 19.9 Å². The summed E-state index contributed by atoms with van der Waals surface area (Å²) >= 11 is 0. The van der Waals surface area contributed by atoms with Crippen LogP contribution in [-0.4, -0.2) is 14.8 Å². The molecule has 2 aromatic heterocycles. The Hall–Kier alpha value is -1.84. The van der Waals surface area contributed by atoms with E-state index in [1.807, 2.05) is 29.2 Å². The third-order valence-corrected chi connectivity index (χ3v) is 2.20. The molecule has 0 atom stereocenters. The second-order valence-corrected chi connectivity index (χ2v) is 3.46. The van der Waals surface area contributed by atoms with E-state index in [1.165, 1.54) is 0 Å². The van der Waals surface area contributed by atoms with E-state index in [0.29, 0.717) is 5.82 Å². The zero-order valence-electron chi connectivity index (χ0n) is 8.72. The number of aromatic nitrogens is 3. The second-order valence-electron chi connectivity index (χ2n) is 3.46. The Bertz CT molecular complexity index is 447. The van der Waals surface area contributed by atoms with Crippen molar-refractivity contribution >= 4 is 5.82 Å². The van der Waals surface area contributed by atoms with Gasteiger partial charge in [-0.3, -0.25) is 4.68 Å². The lowest BCUT2D eigenvalue weighted by atomic mass is 10.1. The molecule has 0 aromatic carbocycles. The third-order valence-electron chi connectivity index (χ3n) is 2.20. The molecule has 0 spiro atoms. The fourth-order valence-electron chi connectivity index (χ4n) is 1.49. The standard InChI is InChI=1S/C11H14N4/c1-2-5-15-8-10(7-14-15)9-3-4-13-11(12)6-9/h3-4,6-8H,2,5H2,1H3,(H2,12,13). The largest absolute Gasteiger partial charge is 0.384 e. The van der Waals surface area contributed by atoms with Crippen LogP contribution in [0.4, 0.5) is 5.82 Å². The van der Waals surface area contributed by atoms with E-state index >= 15 is 0 Å². The molecule has 2 N–H and O–H groups in total. The summed E-state index contributed by atoms with van der Waals surface area (Å²) in [6, 6.07) is 3.79. The number of nitrogen functional groups attached to an aromatic ring is 1. The van der Waals surface area contributed by atoms with Crippen molar-refractivity contribution in [3.63, 3.8) is 0 Å². The Morgan fingerprint density at radius 2 is 2.27 bits per heavy atom. The first kappa shape index (κ1) is 9.71. The molecule has 0 amide bonds. The first-order valence-corrected chi connectivity index (χ1v) is 5.04. The molecule has 0 bridgehead atoms. The average molecular weight is 202 g/mol. The lowest BCUT2D eigenvalue weighted by Gasteiger charge is -1.98. The van der Waals surface area contributed by atoms with Gasteiger partial charge in [0.25, 0.3) is 0 Å². The van der Waals surface area contributed by atoms with Crippen molar-refractivity contribution in [3.05, 3.63) is 30.7 Å². The third kappa shape index (κ3) is 2.15. The zero-order chi connectivity index (χ0) is 10.7. The monoisotopic (exact) mass is 202 g/mol. The van der Waals surface area contributed by atoms with Crippen LogP contribution >= 0.6 is 0 Å². The molecule has 15 heavy (non-hydrogen) atoms. The molecule has 0 unspecified atom stereocenters. The highest BCUT2D eigenvalue weighted by atomic mass is 15.3. The van der Waals surface area contributed by atoms with Crippen LogP contribution < -0.4 is 5.73 Å². The molecule has 78 valence electrons. The number of nitrogens with zero attached hydrogens (tertiary/aromatic N) is 3. The van der Waals surface area contributed by atoms with Crippen molar-refractivity contribution in [2.24, 2.45) is 0 Å². The van der Waals surface area contributed by atoms with Gasteiger partial charge in [0, 0.05) is 24.5 Å². The van der Waals surface area contributed by atoms with E-state index in [1.54, 1.807) is 6.20 Å². The number of pyridine rings is 1. The number of hydrogen-bond donors (Lipinski definition) is 1. The Kier molecular flexibility index (Phi) is 2.67. The fourth-order valence-corrected chi connectivity index (χ4v) is 1.49. The molecule has 0 aliphatic rings. The predicted molar refractivity (Wildman–Crippen MR) is 60.2 cm³/mol. The van der Waals surface area contributed by atoms with Crippen molar-refractivity contribution in [3.8, 4) is 11.1 Å². The number of hydrogen-bond acceptors (Lipinski definition) is 3. The van der Waals surface area contributed by atoms with Gasteiger partial charge < -0.3 is 5.73 Å². The van der Waals surface area contributed by atoms with Crippen molar-refractivity contribution in [1.29, 1.82) is 0 Å². The quantitative estimate of drug-likeness (QED) is 0.827. The highest BCUT2D eigenvalue weighted by molar-refractivity contribution is 5.64. The van der Waals surface area contributed by atoms with Gasteiger partial charge in [-0.25, -0.2) is 4.98 Å². The highest BCUT2D eigenvalue weighted by Crippen LogP contribution is 2.19. The van der Waals surface area contributed by atoms with Crippen LogP contribution in [0.15, 0.2) is 30.7 Å². The van der Waals surface area contributed by atoms with E-state index in [0.717, 1.165) is 24.1 Å². The van der Waals surface area contributed by atoms with Gasteiger partial charge in [0.1, 0.15) is 5.82 Å². The normalized spacial score (nSPS) is 10.5. The second kappa shape index (κ2) is 4.13. The van der Waals surface area contributed by atoms with Gasteiger partial charge in [-0.1, -0.05) is 6.92 Å². The minimum Gasteiger partial charge on any atom is -0.384 e. The maximum Gasteiger partial charge on any atom is 0.123 e. The summed E-state index contributed by atoms with van der Waals surface area (Å²) in [6.07, 6.45) is 6.67. The topological polar surface area (TPSA) is 56.7 Å². The summed E-state index contributed by atoms with van der Waals surface area (Å²) in [5.74, 6) is 0.538.